The minimum Gasteiger partial charge on any atom is -0.393 e. The Kier molecular flexibility index (Phi) is 2.55. The molecule has 1 N–H and O–H groups in total. The third-order valence-electron chi connectivity index (χ3n) is 3.14. The molecule has 1 heterocycles. The van der Waals surface area contributed by atoms with Crippen molar-refractivity contribution in [2.45, 2.75) is 38.7 Å². The van der Waals surface area contributed by atoms with Gasteiger partial charge in [0, 0.05) is 11.9 Å². The van der Waals surface area contributed by atoms with Crippen molar-refractivity contribution in [2.24, 2.45) is 5.41 Å². The first-order valence-electron chi connectivity index (χ1n) is 5.26. The Morgan fingerprint density at radius 3 is 3.00 bits per heavy atom. The van der Waals surface area contributed by atoms with Gasteiger partial charge < -0.3 is 5.11 Å². The molecular weight excluding hydrogens is 174 g/mol. The maximum Gasteiger partial charge on any atom is 0.0545 e. The average Bonchev–Trinajstić information content (AvgIpc) is 2.47. The predicted octanol–water partition coefficient (Wildman–Crippen LogP) is 2.18. The maximum absolute atomic E-state index is 9.52. The molecule has 0 aliphatic heterocycles. The van der Waals surface area contributed by atoms with E-state index in [1.807, 2.05) is 18.3 Å². The van der Waals surface area contributed by atoms with Crippen LogP contribution in [0.5, 0.6) is 0 Å². The van der Waals surface area contributed by atoms with Gasteiger partial charge in [0.25, 0.3) is 0 Å². The summed E-state index contributed by atoms with van der Waals surface area (Å²) in [5.41, 5.74) is 1.40. The fraction of sp³-hybridized carbons (Fsp3) is 0.583. The zero-order valence-corrected chi connectivity index (χ0v) is 8.61. The van der Waals surface area contributed by atoms with E-state index >= 15 is 0 Å². The molecular formula is C12H17NO. The summed E-state index contributed by atoms with van der Waals surface area (Å²) in [6.07, 6.45) is 5.72. The summed E-state index contributed by atoms with van der Waals surface area (Å²) < 4.78 is 0. The first-order valence-corrected chi connectivity index (χ1v) is 5.26. The molecule has 1 fully saturated rings. The number of aliphatic hydroxyl groups excluding tert-OH is 1. The number of nitrogens with zero attached hydrogens (tertiary/aromatic N) is 1. The van der Waals surface area contributed by atoms with Gasteiger partial charge in [-0.1, -0.05) is 13.0 Å². The molecule has 2 rings (SSSR count). The minimum atomic E-state index is -0.0938. The molecule has 1 saturated carbocycles. The zero-order valence-electron chi connectivity index (χ0n) is 8.61. The van der Waals surface area contributed by atoms with Gasteiger partial charge in [0.1, 0.15) is 0 Å². The van der Waals surface area contributed by atoms with Crippen LogP contribution in [0.1, 0.15) is 31.9 Å². The largest absolute Gasteiger partial charge is 0.393 e. The number of aliphatic hydroxyl groups is 1. The summed E-state index contributed by atoms with van der Waals surface area (Å²) in [6.45, 7) is 2.25. The third kappa shape index (κ3) is 2.13. The van der Waals surface area contributed by atoms with Gasteiger partial charge in [-0.3, -0.25) is 4.98 Å². The second kappa shape index (κ2) is 3.70. The van der Waals surface area contributed by atoms with Gasteiger partial charge in [0.05, 0.1) is 6.10 Å². The lowest BCUT2D eigenvalue weighted by atomic mass is 9.83. The monoisotopic (exact) mass is 191 g/mol. The Hall–Kier alpha value is -0.890. The maximum atomic E-state index is 9.52. The zero-order chi connectivity index (χ0) is 10.0. The summed E-state index contributed by atoms with van der Waals surface area (Å²) in [5, 5.41) is 9.52. The topological polar surface area (TPSA) is 33.1 Å². The molecule has 1 aromatic rings. The third-order valence-corrected chi connectivity index (χ3v) is 3.14. The van der Waals surface area contributed by atoms with E-state index in [1.165, 1.54) is 0 Å². The van der Waals surface area contributed by atoms with E-state index in [4.69, 9.17) is 0 Å². The van der Waals surface area contributed by atoms with E-state index in [2.05, 4.69) is 18.0 Å². The van der Waals surface area contributed by atoms with Crippen molar-refractivity contribution in [2.75, 3.05) is 0 Å². The fourth-order valence-electron chi connectivity index (χ4n) is 2.39. The normalized spacial score (nSPS) is 32.0. The van der Waals surface area contributed by atoms with Gasteiger partial charge >= 0.3 is 0 Å². The summed E-state index contributed by atoms with van der Waals surface area (Å²) >= 11 is 0. The highest BCUT2D eigenvalue weighted by molar-refractivity contribution is 5.07. The number of aromatic nitrogens is 1. The Morgan fingerprint density at radius 1 is 1.57 bits per heavy atom. The Labute approximate surface area is 85.0 Å². The second-order valence-electron chi connectivity index (χ2n) is 4.71. The van der Waals surface area contributed by atoms with Crippen molar-refractivity contribution in [3.63, 3.8) is 0 Å². The fourth-order valence-corrected chi connectivity index (χ4v) is 2.39. The molecule has 0 spiro atoms. The van der Waals surface area contributed by atoms with Gasteiger partial charge in [-0.2, -0.15) is 0 Å². The van der Waals surface area contributed by atoms with Crippen molar-refractivity contribution < 1.29 is 5.11 Å². The molecule has 76 valence electrons. The van der Waals surface area contributed by atoms with E-state index in [-0.39, 0.29) is 11.5 Å². The molecule has 2 atom stereocenters. The molecule has 2 nitrogen and oxygen atoms in total. The Balaban J connectivity index is 2.04. The first-order chi connectivity index (χ1) is 6.68. The lowest BCUT2D eigenvalue weighted by molar-refractivity contribution is 0.163. The van der Waals surface area contributed by atoms with Crippen LogP contribution in [0.2, 0.25) is 0 Å². The summed E-state index contributed by atoms with van der Waals surface area (Å²) in [6, 6.07) is 6.03. The van der Waals surface area contributed by atoms with Gasteiger partial charge in [0.15, 0.2) is 0 Å². The lowest BCUT2D eigenvalue weighted by Gasteiger charge is -2.22. The van der Waals surface area contributed by atoms with Crippen LogP contribution in [-0.2, 0) is 6.42 Å². The highest BCUT2D eigenvalue weighted by atomic mass is 16.3. The van der Waals surface area contributed by atoms with Gasteiger partial charge in [-0.15, -0.1) is 0 Å². The van der Waals surface area contributed by atoms with E-state index in [0.29, 0.717) is 0 Å². The second-order valence-corrected chi connectivity index (χ2v) is 4.71. The molecule has 0 radical (unpaired) electrons. The van der Waals surface area contributed by atoms with Gasteiger partial charge in [0.2, 0.25) is 0 Å². The predicted molar refractivity (Wildman–Crippen MR) is 55.9 cm³/mol. The van der Waals surface area contributed by atoms with Crippen molar-refractivity contribution in [1.82, 2.24) is 4.98 Å². The molecule has 0 saturated heterocycles. The molecule has 2 unspecified atom stereocenters. The van der Waals surface area contributed by atoms with Crippen LogP contribution in [-0.4, -0.2) is 16.2 Å². The standard InChI is InChI=1S/C12H17NO/c1-12(6-5-11(14)9-12)8-10-4-2-3-7-13-10/h2-4,7,11,14H,5-6,8-9H2,1H3. The first kappa shape index (κ1) is 9.66. The van der Waals surface area contributed by atoms with E-state index in [9.17, 15) is 5.11 Å². The Morgan fingerprint density at radius 2 is 2.43 bits per heavy atom. The summed E-state index contributed by atoms with van der Waals surface area (Å²) in [5.74, 6) is 0. The van der Waals surface area contributed by atoms with E-state index in [1.54, 1.807) is 0 Å². The molecule has 0 aromatic carbocycles. The van der Waals surface area contributed by atoms with E-state index < -0.39 is 0 Å². The summed E-state index contributed by atoms with van der Waals surface area (Å²) in [7, 11) is 0. The van der Waals surface area contributed by atoms with Gasteiger partial charge in [-0.05, 0) is 43.2 Å². The quantitative estimate of drug-likeness (QED) is 0.777. The number of hydrogen-bond acceptors (Lipinski definition) is 2. The highest BCUT2D eigenvalue weighted by Crippen LogP contribution is 2.40. The average molecular weight is 191 g/mol. The number of rotatable bonds is 2. The smallest absolute Gasteiger partial charge is 0.0545 e. The molecule has 0 amide bonds. The van der Waals surface area contributed by atoms with Crippen LogP contribution >= 0.6 is 0 Å². The van der Waals surface area contributed by atoms with Gasteiger partial charge in [-0.25, -0.2) is 0 Å². The molecule has 1 aliphatic rings. The van der Waals surface area contributed by atoms with Crippen molar-refractivity contribution in [1.29, 1.82) is 0 Å². The highest BCUT2D eigenvalue weighted by Gasteiger charge is 2.34. The molecule has 14 heavy (non-hydrogen) atoms. The van der Waals surface area contributed by atoms with Crippen molar-refractivity contribution in [3.8, 4) is 0 Å². The van der Waals surface area contributed by atoms with E-state index in [0.717, 1.165) is 31.4 Å². The molecule has 0 bridgehead atoms. The van der Waals surface area contributed by atoms with Crippen LogP contribution in [0.25, 0.3) is 0 Å². The summed E-state index contributed by atoms with van der Waals surface area (Å²) in [4.78, 5) is 4.33. The van der Waals surface area contributed by atoms with Crippen LogP contribution in [0.15, 0.2) is 24.4 Å². The number of pyridine rings is 1. The minimum absolute atomic E-state index is 0.0938. The van der Waals surface area contributed by atoms with Crippen molar-refractivity contribution >= 4 is 0 Å². The van der Waals surface area contributed by atoms with Crippen LogP contribution in [0.4, 0.5) is 0 Å². The van der Waals surface area contributed by atoms with Crippen LogP contribution in [0.3, 0.4) is 0 Å². The Bertz CT molecular complexity index is 298. The lowest BCUT2D eigenvalue weighted by Crippen LogP contribution is -2.17. The van der Waals surface area contributed by atoms with Crippen LogP contribution in [0, 0.1) is 5.41 Å². The molecule has 2 heteroatoms. The number of hydrogen-bond donors (Lipinski definition) is 1. The van der Waals surface area contributed by atoms with Crippen molar-refractivity contribution in [3.05, 3.63) is 30.1 Å². The van der Waals surface area contributed by atoms with Crippen LogP contribution < -0.4 is 0 Å². The SMILES string of the molecule is CC1(Cc2ccccn2)CCC(O)C1. The molecule has 1 aliphatic carbocycles. The molecule has 1 aromatic heterocycles.